The SMILES string of the molecule is CC(C)CCCCCCNCc1ccnn1C. The largest absolute Gasteiger partial charge is 0.311 e. The fourth-order valence-corrected chi connectivity index (χ4v) is 1.95. The Kier molecular flexibility index (Phi) is 6.94. The Labute approximate surface area is 106 Å². The van der Waals surface area contributed by atoms with Gasteiger partial charge in [-0.05, 0) is 24.9 Å². The van der Waals surface area contributed by atoms with E-state index in [9.17, 15) is 0 Å². The Morgan fingerprint density at radius 2 is 2.00 bits per heavy atom. The van der Waals surface area contributed by atoms with E-state index in [4.69, 9.17) is 0 Å². The average Bonchev–Trinajstić information content (AvgIpc) is 2.68. The maximum absolute atomic E-state index is 4.15. The van der Waals surface area contributed by atoms with Crippen molar-refractivity contribution >= 4 is 0 Å². The van der Waals surface area contributed by atoms with Gasteiger partial charge in [0, 0.05) is 19.8 Å². The van der Waals surface area contributed by atoms with Crippen LogP contribution in [0.4, 0.5) is 0 Å². The summed E-state index contributed by atoms with van der Waals surface area (Å²) in [6.07, 6.45) is 8.64. The summed E-state index contributed by atoms with van der Waals surface area (Å²) < 4.78 is 1.93. The van der Waals surface area contributed by atoms with Gasteiger partial charge in [0.2, 0.25) is 0 Å². The third-order valence-electron chi connectivity index (χ3n) is 3.11. The summed E-state index contributed by atoms with van der Waals surface area (Å²) in [5.74, 6) is 0.859. The van der Waals surface area contributed by atoms with Gasteiger partial charge in [-0.15, -0.1) is 0 Å². The summed E-state index contributed by atoms with van der Waals surface area (Å²) in [4.78, 5) is 0. The monoisotopic (exact) mass is 237 g/mol. The lowest BCUT2D eigenvalue weighted by Crippen LogP contribution is -2.16. The van der Waals surface area contributed by atoms with Crippen molar-refractivity contribution in [2.45, 2.75) is 52.5 Å². The molecule has 17 heavy (non-hydrogen) atoms. The van der Waals surface area contributed by atoms with Crippen LogP contribution in [0, 0.1) is 5.92 Å². The summed E-state index contributed by atoms with van der Waals surface area (Å²) >= 11 is 0. The topological polar surface area (TPSA) is 29.9 Å². The van der Waals surface area contributed by atoms with E-state index >= 15 is 0 Å². The highest BCUT2D eigenvalue weighted by molar-refractivity contribution is 4.98. The van der Waals surface area contributed by atoms with Crippen LogP contribution in [0.15, 0.2) is 12.3 Å². The van der Waals surface area contributed by atoms with Crippen LogP contribution in [0.1, 0.15) is 51.6 Å². The number of hydrogen-bond acceptors (Lipinski definition) is 2. The van der Waals surface area contributed by atoms with E-state index in [0.717, 1.165) is 19.0 Å². The standard InChI is InChI=1S/C14H27N3/c1-13(2)8-6-4-5-7-10-15-12-14-9-11-16-17(14)3/h9,11,13,15H,4-8,10,12H2,1-3H3. The molecule has 0 aliphatic rings. The van der Waals surface area contributed by atoms with Crippen LogP contribution in [-0.2, 0) is 13.6 Å². The summed E-state index contributed by atoms with van der Waals surface area (Å²) in [6.45, 7) is 6.65. The highest BCUT2D eigenvalue weighted by atomic mass is 15.3. The van der Waals surface area contributed by atoms with Crippen LogP contribution < -0.4 is 5.32 Å². The number of aromatic nitrogens is 2. The fraction of sp³-hybridized carbons (Fsp3) is 0.786. The molecule has 0 aliphatic carbocycles. The Morgan fingerprint density at radius 1 is 1.24 bits per heavy atom. The van der Waals surface area contributed by atoms with Crippen LogP contribution in [0.3, 0.4) is 0 Å². The van der Waals surface area contributed by atoms with E-state index in [-0.39, 0.29) is 0 Å². The predicted octanol–water partition coefficient (Wildman–Crippen LogP) is 3.12. The molecule has 98 valence electrons. The number of nitrogens with one attached hydrogen (secondary N) is 1. The quantitative estimate of drug-likeness (QED) is 0.669. The minimum absolute atomic E-state index is 0.859. The molecule has 0 bridgehead atoms. The average molecular weight is 237 g/mol. The highest BCUT2D eigenvalue weighted by Crippen LogP contribution is 2.09. The molecular formula is C14H27N3. The Hall–Kier alpha value is -0.830. The third kappa shape index (κ3) is 6.47. The van der Waals surface area contributed by atoms with E-state index in [1.54, 1.807) is 0 Å². The summed E-state index contributed by atoms with van der Waals surface area (Å²) in [7, 11) is 1.99. The summed E-state index contributed by atoms with van der Waals surface area (Å²) in [5.41, 5.74) is 1.25. The molecular weight excluding hydrogens is 210 g/mol. The van der Waals surface area contributed by atoms with Gasteiger partial charge < -0.3 is 5.32 Å². The van der Waals surface area contributed by atoms with Gasteiger partial charge in [-0.1, -0.05) is 39.5 Å². The number of nitrogens with zero attached hydrogens (tertiary/aromatic N) is 2. The fourth-order valence-electron chi connectivity index (χ4n) is 1.95. The van der Waals surface area contributed by atoms with Crippen molar-refractivity contribution < 1.29 is 0 Å². The van der Waals surface area contributed by atoms with Gasteiger partial charge in [0.15, 0.2) is 0 Å². The molecule has 1 N–H and O–H groups in total. The summed E-state index contributed by atoms with van der Waals surface area (Å²) in [6, 6.07) is 2.07. The highest BCUT2D eigenvalue weighted by Gasteiger charge is 1.97. The van der Waals surface area contributed by atoms with Crippen molar-refractivity contribution in [1.82, 2.24) is 15.1 Å². The van der Waals surface area contributed by atoms with Crippen molar-refractivity contribution in [1.29, 1.82) is 0 Å². The predicted molar refractivity (Wildman–Crippen MR) is 72.8 cm³/mol. The van der Waals surface area contributed by atoms with Gasteiger partial charge in [-0.2, -0.15) is 5.10 Å². The number of hydrogen-bond donors (Lipinski definition) is 1. The van der Waals surface area contributed by atoms with E-state index in [1.165, 1.54) is 37.8 Å². The molecule has 0 atom stereocenters. The molecule has 3 heteroatoms. The van der Waals surface area contributed by atoms with Crippen LogP contribution in [-0.4, -0.2) is 16.3 Å². The van der Waals surface area contributed by atoms with E-state index in [0.29, 0.717) is 0 Å². The molecule has 0 aromatic carbocycles. The van der Waals surface area contributed by atoms with Crippen molar-refractivity contribution in [2.24, 2.45) is 13.0 Å². The van der Waals surface area contributed by atoms with Crippen LogP contribution in [0.2, 0.25) is 0 Å². The lowest BCUT2D eigenvalue weighted by Gasteiger charge is -2.06. The van der Waals surface area contributed by atoms with E-state index < -0.39 is 0 Å². The second-order valence-electron chi connectivity index (χ2n) is 5.22. The first-order valence-corrected chi connectivity index (χ1v) is 6.87. The normalized spacial score (nSPS) is 11.3. The van der Waals surface area contributed by atoms with E-state index in [1.807, 2.05) is 17.9 Å². The van der Waals surface area contributed by atoms with Crippen LogP contribution in [0.25, 0.3) is 0 Å². The molecule has 1 heterocycles. The van der Waals surface area contributed by atoms with Gasteiger partial charge in [0.25, 0.3) is 0 Å². The first-order chi connectivity index (χ1) is 8.20. The van der Waals surface area contributed by atoms with Crippen LogP contribution >= 0.6 is 0 Å². The second kappa shape index (κ2) is 8.29. The Morgan fingerprint density at radius 3 is 2.65 bits per heavy atom. The van der Waals surface area contributed by atoms with Crippen molar-refractivity contribution in [2.75, 3.05) is 6.54 Å². The molecule has 1 aromatic heterocycles. The second-order valence-corrected chi connectivity index (χ2v) is 5.22. The molecule has 0 saturated carbocycles. The van der Waals surface area contributed by atoms with E-state index in [2.05, 4.69) is 30.3 Å². The molecule has 0 saturated heterocycles. The smallest absolute Gasteiger partial charge is 0.0518 e. The summed E-state index contributed by atoms with van der Waals surface area (Å²) in [5, 5.41) is 7.62. The van der Waals surface area contributed by atoms with Gasteiger partial charge in [0.1, 0.15) is 0 Å². The van der Waals surface area contributed by atoms with Crippen molar-refractivity contribution in [3.63, 3.8) is 0 Å². The Balaban J connectivity index is 1.90. The minimum Gasteiger partial charge on any atom is -0.311 e. The zero-order chi connectivity index (χ0) is 12.5. The Bertz CT molecular complexity index is 291. The first-order valence-electron chi connectivity index (χ1n) is 6.87. The minimum atomic E-state index is 0.859. The first kappa shape index (κ1) is 14.2. The maximum atomic E-state index is 4.15. The lowest BCUT2D eigenvalue weighted by molar-refractivity contribution is 0.510. The molecule has 0 radical (unpaired) electrons. The molecule has 3 nitrogen and oxygen atoms in total. The molecule has 0 aliphatic heterocycles. The molecule has 0 fully saturated rings. The number of rotatable bonds is 9. The van der Waals surface area contributed by atoms with Crippen molar-refractivity contribution in [3.8, 4) is 0 Å². The van der Waals surface area contributed by atoms with Gasteiger partial charge in [0.05, 0.1) is 5.69 Å². The number of unbranched alkanes of at least 4 members (excludes halogenated alkanes) is 3. The van der Waals surface area contributed by atoms with Gasteiger partial charge in [-0.3, -0.25) is 4.68 Å². The zero-order valence-electron chi connectivity index (χ0n) is 11.6. The molecule has 1 rings (SSSR count). The van der Waals surface area contributed by atoms with Gasteiger partial charge in [-0.25, -0.2) is 0 Å². The zero-order valence-corrected chi connectivity index (χ0v) is 11.6. The molecule has 0 unspecified atom stereocenters. The van der Waals surface area contributed by atoms with Crippen molar-refractivity contribution in [3.05, 3.63) is 18.0 Å². The lowest BCUT2D eigenvalue weighted by atomic mass is 10.0. The third-order valence-corrected chi connectivity index (χ3v) is 3.11. The molecule has 0 amide bonds. The molecule has 0 spiro atoms. The van der Waals surface area contributed by atoms with Crippen LogP contribution in [0.5, 0.6) is 0 Å². The maximum Gasteiger partial charge on any atom is 0.0518 e. The number of aryl methyl sites for hydroxylation is 1. The van der Waals surface area contributed by atoms with Gasteiger partial charge >= 0.3 is 0 Å². The molecule has 1 aromatic rings.